The van der Waals surface area contributed by atoms with Gasteiger partial charge in [0.15, 0.2) is 11.5 Å². The average Bonchev–Trinajstić information content (AvgIpc) is 2.95. The van der Waals surface area contributed by atoms with Crippen LogP contribution in [0, 0.1) is 6.92 Å². The molecule has 0 radical (unpaired) electrons. The number of nitrogens with zero attached hydrogens (tertiary/aromatic N) is 1. The van der Waals surface area contributed by atoms with Crippen molar-refractivity contribution in [3.05, 3.63) is 59.5 Å². The highest BCUT2D eigenvalue weighted by Gasteiger charge is 2.09. The van der Waals surface area contributed by atoms with Crippen LogP contribution in [-0.2, 0) is 22.6 Å². The van der Waals surface area contributed by atoms with Gasteiger partial charge in [0.25, 0.3) is 0 Å². The molecule has 1 aromatic heterocycles. The molecule has 0 atom stereocenters. The van der Waals surface area contributed by atoms with Crippen LogP contribution in [0.3, 0.4) is 0 Å². The smallest absolute Gasteiger partial charge is 0.224 e. The van der Waals surface area contributed by atoms with E-state index in [0.717, 1.165) is 27.9 Å². The summed E-state index contributed by atoms with van der Waals surface area (Å²) in [7, 11) is 1.65. The van der Waals surface area contributed by atoms with Crippen LogP contribution in [0.4, 0.5) is 5.69 Å². The number of amides is 1. The Bertz CT molecular complexity index is 855. The molecule has 1 heterocycles. The number of rotatable bonds is 6. The molecule has 3 aromatic rings. The Morgan fingerprint density at radius 1 is 1.25 bits per heavy atom. The molecule has 0 aliphatic rings. The average molecular weight is 324 g/mol. The van der Waals surface area contributed by atoms with Crippen molar-refractivity contribution in [1.29, 1.82) is 0 Å². The predicted molar refractivity (Wildman–Crippen MR) is 92.9 cm³/mol. The Morgan fingerprint density at radius 3 is 2.96 bits per heavy atom. The highest BCUT2D eigenvalue weighted by molar-refractivity contribution is 5.90. The van der Waals surface area contributed by atoms with E-state index in [-0.39, 0.29) is 5.91 Å². The molecule has 0 saturated carbocycles. The number of hydrogen-bond donors (Lipinski definition) is 1. The molecule has 3 rings (SSSR count). The number of aryl methyl sites for hydroxylation is 2. The number of oxazole rings is 1. The number of aromatic nitrogens is 1. The number of nitrogens with one attached hydrogen (secondary N) is 1. The third kappa shape index (κ3) is 4.00. The van der Waals surface area contributed by atoms with Gasteiger partial charge in [-0.2, -0.15) is 0 Å². The van der Waals surface area contributed by atoms with Crippen molar-refractivity contribution < 1.29 is 13.9 Å². The van der Waals surface area contributed by atoms with Gasteiger partial charge in [0.05, 0.1) is 6.61 Å². The fourth-order valence-corrected chi connectivity index (χ4v) is 2.54. The van der Waals surface area contributed by atoms with Gasteiger partial charge in [-0.1, -0.05) is 18.2 Å². The van der Waals surface area contributed by atoms with Crippen molar-refractivity contribution in [3.8, 4) is 0 Å². The number of carbonyl (C=O) groups is 1. The fourth-order valence-electron chi connectivity index (χ4n) is 2.54. The standard InChI is InChI=1S/C19H20N2O3/c1-13-6-7-17-16(10-13)21-19(24-17)9-8-18(22)20-15-5-3-4-14(11-15)12-23-2/h3-7,10-11H,8-9,12H2,1-2H3,(H,20,22). The molecule has 5 heteroatoms. The van der Waals surface area contributed by atoms with Gasteiger partial charge in [0.2, 0.25) is 5.91 Å². The topological polar surface area (TPSA) is 64.4 Å². The molecule has 0 bridgehead atoms. The van der Waals surface area contributed by atoms with E-state index in [1.807, 2.05) is 49.4 Å². The highest BCUT2D eigenvalue weighted by atomic mass is 16.5. The van der Waals surface area contributed by atoms with Gasteiger partial charge in [0.1, 0.15) is 5.52 Å². The molecule has 0 spiro atoms. The Hall–Kier alpha value is -2.66. The first-order chi connectivity index (χ1) is 11.6. The van der Waals surface area contributed by atoms with Gasteiger partial charge in [-0.15, -0.1) is 0 Å². The quantitative estimate of drug-likeness (QED) is 0.748. The van der Waals surface area contributed by atoms with E-state index in [9.17, 15) is 4.79 Å². The molecule has 1 amide bonds. The molecule has 0 aliphatic heterocycles. The van der Waals surface area contributed by atoms with Crippen LogP contribution in [0.5, 0.6) is 0 Å². The zero-order valence-corrected chi connectivity index (χ0v) is 13.8. The summed E-state index contributed by atoms with van der Waals surface area (Å²) in [6.07, 6.45) is 0.789. The van der Waals surface area contributed by atoms with Crippen molar-refractivity contribution in [1.82, 2.24) is 4.98 Å². The summed E-state index contributed by atoms with van der Waals surface area (Å²) in [6.45, 7) is 2.53. The molecule has 124 valence electrons. The first kappa shape index (κ1) is 16.2. The SMILES string of the molecule is COCc1cccc(NC(=O)CCc2nc3cc(C)ccc3o2)c1. The lowest BCUT2D eigenvalue weighted by Crippen LogP contribution is -2.12. The van der Waals surface area contributed by atoms with Crippen LogP contribution in [0.2, 0.25) is 0 Å². The molecule has 0 fully saturated rings. The van der Waals surface area contributed by atoms with Crippen LogP contribution in [0.1, 0.15) is 23.4 Å². The molecule has 5 nitrogen and oxygen atoms in total. The maximum absolute atomic E-state index is 12.1. The van der Waals surface area contributed by atoms with Crippen molar-refractivity contribution in [2.24, 2.45) is 0 Å². The Morgan fingerprint density at radius 2 is 2.12 bits per heavy atom. The van der Waals surface area contributed by atoms with E-state index < -0.39 is 0 Å². The van der Waals surface area contributed by atoms with Crippen molar-refractivity contribution in [2.45, 2.75) is 26.4 Å². The largest absolute Gasteiger partial charge is 0.441 e. The van der Waals surface area contributed by atoms with E-state index in [1.54, 1.807) is 7.11 Å². The Kier molecular flexibility index (Phi) is 4.91. The fraction of sp³-hybridized carbons (Fsp3) is 0.263. The van der Waals surface area contributed by atoms with E-state index >= 15 is 0 Å². The molecule has 0 saturated heterocycles. The van der Waals surface area contributed by atoms with E-state index in [2.05, 4.69) is 10.3 Å². The van der Waals surface area contributed by atoms with E-state index in [1.165, 1.54) is 0 Å². The van der Waals surface area contributed by atoms with E-state index in [4.69, 9.17) is 9.15 Å². The molecule has 2 aromatic carbocycles. The van der Waals surface area contributed by atoms with Gasteiger partial charge in [-0.25, -0.2) is 4.98 Å². The van der Waals surface area contributed by atoms with Crippen LogP contribution in [0.15, 0.2) is 46.9 Å². The summed E-state index contributed by atoms with van der Waals surface area (Å²) in [5, 5.41) is 2.89. The van der Waals surface area contributed by atoms with Gasteiger partial charge >= 0.3 is 0 Å². The molecular weight excluding hydrogens is 304 g/mol. The van der Waals surface area contributed by atoms with Gasteiger partial charge in [0, 0.05) is 25.6 Å². The molecule has 24 heavy (non-hydrogen) atoms. The lowest BCUT2D eigenvalue weighted by Gasteiger charge is -2.06. The number of anilines is 1. The van der Waals surface area contributed by atoms with Gasteiger partial charge in [-0.3, -0.25) is 4.79 Å². The van der Waals surface area contributed by atoms with Crippen molar-refractivity contribution >= 4 is 22.7 Å². The monoisotopic (exact) mass is 324 g/mol. The van der Waals surface area contributed by atoms with Crippen molar-refractivity contribution in [2.75, 3.05) is 12.4 Å². The lowest BCUT2D eigenvalue weighted by atomic mass is 10.2. The molecule has 0 aliphatic carbocycles. The maximum atomic E-state index is 12.1. The van der Waals surface area contributed by atoms with Crippen LogP contribution in [-0.4, -0.2) is 18.0 Å². The van der Waals surface area contributed by atoms with Crippen LogP contribution < -0.4 is 5.32 Å². The van der Waals surface area contributed by atoms with Gasteiger partial charge < -0.3 is 14.5 Å². The Balaban J connectivity index is 1.59. The number of fused-ring (bicyclic) bond motifs is 1. The zero-order chi connectivity index (χ0) is 16.9. The summed E-state index contributed by atoms with van der Waals surface area (Å²) in [5.41, 5.74) is 4.50. The normalized spacial score (nSPS) is 10.9. The number of methoxy groups -OCH3 is 1. The summed E-state index contributed by atoms with van der Waals surface area (Å²) < 4.78 is 10.8. The minimum absolute atomic E-state index is 0.0667. The van der Waals surface area contributed by atoms with Crippen molar-refractivity contribution in [3.63, 3.8) is 0 Å². The number of hydrogen-bond acceptors (Lipinski definition) is 4. The number of carbonyl (C=O) groups excluding carboxylic acids is 1. The maximum Gasteiger partial charge on any atom is 0.224 e. The Labute approximate surface area is 140 Å². The minimum Gasteiger partial charge on any atom is -0.441 e. The van der Waals surface area contributed by atoms with Gasteiger partial charge in [-0.05, 0) is 42.3 Å². The first-order valence-corrected chi connectivity index (χ1v) is 7.88. The summed E-state index contributed by atoms with van der Waals surface area (Å²) in [4.78, 5) is 16.5. The third-order valence-corrected chi connectivity index (χ3v) is 3.68. The lowest BCUT2D eigenvalue weighted by molar-refractivity contribution is -0.116. The second-order valence-corrected chi connectivity index (χ2v) is 5.76. The zero-order valence-electron chi connectivity index (χ0n) is 13.8. The van der Waals surface area contributed by atoms with Crippen LogP contribution >= 0.6 is 0 Å². The summed E-state index contributed by atoms with van der Waals surface area (Å²) in [5.74, 6) is 0.516. The summed E-state index contributed by atoms with van der Waals surface area (Å²) in [6, 6.07) is 13.5. The van der Waals surface area contributed by atoms with Crippen LogP contribution in [0.25, 0.3) is 11.1 Å². The second kappa shape index (κ2) is 7.27. The molecule has 1 N–H and O–H groups in total. The number of ether oxygens (including phenoxy) is 1. The predicted octanol–water partition coefficient (Wildman–Crippen LogP) is 3.85. The minimum atomic E-state index is -0.0667. The third-order valence-electron chi connectivity index (χ3n) is 3.68. The molecule has 0 unspecified atom stereocenters. The second-order valence-electron chi connectivity index (χ2n) is 5.76. The first-order valence-electron chi connectivity index (χ1n) is 7.88. The highest BCUT2D eigenvalue weighted by Crippen LogP contribution is 2.18. The number of benzene rings is 2. The molecular formula is C19H20N2O3. The summed E-state index contributed by atoms with van der Waals surface area (Å²) >= 11 is 0. The van der Waals surface area contributed by atoms with E-state index in [0.29, 0.717) is 25.3 Å².